The van der Waals surface area contributed by atoms with E-state index in [1.807, 2.05) is 50.2 Å². The average Bonchev–Trinajstić information content (AvgIpc) is 3.39. The summed E-state index contributed by atoms with van der Waals surface area (Å²) in [6.07, 6.45) is 0.771. The molecule has 4 rings (SSSR count). The monoisotopic (exact) mass is 533 g/mol. The number of amides is 1. The SMILES string of the molecule is COc1ccc(CCN(Cc2ccc(F)cc2)Cc2nc(C(=O)Nc3ccc(C)c(C)c3)cs2)cc1OC. The summed E-state index contributed by atoms with van der Waals surface area (Å²) in [5.41, 5.74) is 5.55. The number of benzene rings is 3. The quantitative estimate of drug-likeness (QED) is 0.241. The molecular formula is C30H32FN3O3S. The molecule has 3 aromatic carbocycles. The highest BCUT2D eigenvalue weighted by Gasteiger charge is 2.15. The number of methoxy groups -OCH3 is 2. The predicted molar refractivity (Wildman–Crippen MR) is 150 cm³/mol. The van der Waals surface area contributed by atoms with Crippen LogP contribution < -0.4 is 14.8 Å². The number of carbonyl (C=O) groups excluding carboxylic acids is 1. The molecule has 0 saturated carbocycles. The lowest BCUT2D eigenvalue weighted by molar-refractivity contribution is 0.102. The molecule has 1 N–H and O–H groups in total. The van der Waals surface area contributed by atoms with Crippen LogP contribution in [0.4, 0.5) is 10.1 Å². The van der Waals surface area contributed by atoms with Crippen LogP contribution in [0.25, 0.3) is 0 Å². The topological polar surface area (TPSA) is 63.7 Å². The van der Waals surface area contributed by atoms with Crippen molar-refractivity contribution in [1.29, 1.82) is 0 Å². The van der Waals surface area contributed by atoms with Crippen molar-refractivity contribution in [3.63, 3.8) is 0 Å². The molecule has 0 spiro atoms. The number of hydrogen-bond acceptors (Lipinski definition) is 6. The zero-order valence-electron chi connectivity index (χ0n) is 22.1. The fraction of sp³-hybridized carbons (Fsp3) is 0.267. The highest BCUT2D eigenvalue weighted by molar-refractivity contribution is 7.09. The number of carbonyl (C=O) groups is 1. The Bertz CT molecular complexity index is 1390. The van der Waals surface area contributed by atoms with E-state index < -0.39 is 0 Å². The normalized spacial score (nSPS) is 11.0. The third-order valence-corrected chi connectivity index (χ3v) is 7.23. The smallest absolute Gasteiger partial charge is 0.275 e. The summed E-state index contributed by atoms with van der Waals surface area (Å²) < 4.78 is 24.3. The van der Waals surface area contributed by atoms with Gasteiger partial charge in [-0.15, -0.1) is 11.3 Å². The highest BCUT2D eigenvalue weighted by Crippen LogP contribution is 2.28. The molecule has 1 aromatic heterocycles. The Morgan fingerprint density at radius 1 is 0.921 bits per heavy atom. The van der Waals surface area contributed by atoms with Gasteiger partial charge in [0.05, 0.1) is 20.8 Å². The van der Waals surface area contributed by atoms with Gasteiger partial charge in [-0.25, -0.2) is 9.37 Å². The van der Waals surface area contributed by atoms with Crippen molar-refractivity contribution in [1.82, 2.24) is 9.88 Å². The first kappa shape index (κ1) is 27.3. The van der Waals surface area contributed by atoms with Crippen LogP contribution in [0.1, 0.15) is 37.7 Å². The maximum absolute atomic E-state index is 13.5. The van der Waals surface area contributed by atoms with Gasteiger partial charge in [-0.05, 0) is 78.9 Å². The van der Waals surface area contributed by atoms with Crippen LogP contribution >= 0.6 is 11.3 Å². The van der Waals surface area contributed by atoms with Crippen molar-refractivity contribution in [2.75, 3.05) is 26.1 Å². The number of ether oxygens (including phenoxy) is 2. The number of anilines is 1. The summed E-state index contributed by atoms with van der Waals surface area (Å²) >= 11 is 1.46. The lowest BCUT2D eigenvalue weighted by Gasteiger charge is -2.22. The second-order valence-electron chi connectivity index (χ2n) is 9.16. The second kappa shape index (κ2) is 12.7. The number of aromatic nitrogens is 1. The van der Waals surface area contributed by atoms with E-state index in [-0.39, 0.29) is 11.7 Å². The van der Waals surface area contributed by atoms with Crippen LogP contribution in [0.5, 0.6) is 11.5 Å². The summed E-state index contributed by atoms with van der Waals surface area (Å²) in [5.74, 6) is 0.888. The van der Waals surface area contributed by atoms with E-state index in [2.05, 4.69) is 15.2 Å². The van der Waals surface area contributed by atoms with Gasteiger partial charge in [-0.3, -0.25) is 9.69 Å². The molecule has 0 aliphatic heterocycles. The number of hydrogen-bond donors (Lipinski definition) is 1. The van der Waals surface area contributed by atoms with Crippen molar-refractivity contribution in [3.05, 3.63) is 105 Å². The van der Waals surface area contributed by atoms with Gasteiger partial charge in [0.25, 0.3) is 5.91 Å². The molecule has 0 radical (unpaired) electrons. The zero-order valence-corrected chi connectivity index (χ0v) is 22.9. The molecule has 38 heavy (non-hydrogen) atoms. The molecular weight excluding hydrogens is 501 g/mol. The van der Waals surface area contributed by atoms with Crippen molar-refractivity contribution >= 4 is 22.9 Å². The number of nitrogens with zero attached hydrogens (tertiary/aromatic N) is 2. The summed E-state index contributed by atoms with van der Waals surface area (Å²) in [5, 5.41) is 5.56. The highest BCUT2D eigenvalue weighted by atomic mass is 32.1. The summed E-state index contributed by atoms with van der Waals surface area (Å²) in [6.45, 7) is 5.97. The largest absolute Gasteiger partial charge is 0.493 e. The maximum atomic E-state index is 13.5. The minimum absolute atomic E-state index is 0.230. The molecule has 0 saturated heterocycles. The van der Waals surface area contributed by atoms with Crippen molar-refractivity contribution in [2.45, 2.75) is 33.4 Å². The standard InChI is InChI=1S/C30H32FN3O3S/c1-20-5-11-25(15-21(20)2)32-30(35)26-19-38-29(33-26)18-34(17-23-6-9-24(31)10-7-23)14-13-22-8-12-27(36-3)28(16-22)37-4/h5-12,15-16,19H,13-14,17-18H2,1-4H3,(H,32,35). The Morgan fingerprint density at radius 2 is 1.66 bits per heavy atom. The molecule has 0 aliphatic carbocycles. The molecule has 4 aromatic rings. The first-order valence-corrected chi connectivity index (χ1v) is 13.2. The molecule has 8 heteroatoms. The van der Waals surface area contributed by atoms with E-state index in [4.69, 9.17) is 9.47 Å². The Hall–Kier alpha value is -3.75. The van der Waals surface area contributed by atoms with Crippen molar-refractivity contribution < 1.29 is 18.7 Å². The lowest BCUT2D eigenvalue weighted by Crippen LogP contribution is -2.25. The molecule has 6 nitrogen and oxygen atoms in total. The van der Waals surface area contributed by atoms with Crippen molar-refractivity contribution in [2.24, 2.45) is 0 Å². The fourth-order valence-electron chi connectivity index (χ4n) is 4.08. The minimum Gasteiger partial charge on any atom is -0.493 e. The van der Waals surface area contributed by atoms with Crippen LogP contribution in [-0.2, 0) is 19.5 Å². The molecule has 0 atom stereocenters. The van der Waals surface area contributed by atoms with Crippen LogP contribution in [0.3, 0.4) is 0 Å². The van der Waals surface area contributed by atoms with Gasteiger partial charge in [-0.2, -0.15) is 0 Å². The molecule has 198 valence electrons. The van der Waals surface area contributed by atoms with Crippen molar-refractivity contribution in [3.8, 4) is 11.5 Å². The Kier molecular flexibility index (Phi) is 9.10. The minimum atomic E-state index is -0.259. The lowest BCUT2D eigenvalue weighted by atomic mass is 10.1. The van der Waals surface area contributed by atoms with Gasteiger partial charge in [0.1, 0.15) is 16.5 Å². The van der Waals surface area contributed by atoms with Gasteiger partial charge in [-0.1, -0.05) is 24.3 Å². The second-order valence-corrected chi connectivity index (χ2v) is 10.1. The molecule has 1 heterocycles. The van der Waals surface area contributed by atoms with Gasteiger partial charge < -0.3 is 14.8 Å². The number of aryl methyl sites for hydroxylation is 2. The van der Waals surface area contributed by atoms with E-state index in [9.17, 15) is 9.18 Å². The van der Waals surface area contributed by atoms with Crippen LogP contribution in [0.15, 0.2) is 66.0 Å². The number of rotatable bonds is 11. The number of nitrogens with one attached hydrogen (secondary N) is 1. The number of thiazole rings is 1. The Labute approximate surface area is 227 Å². The third kappa shape index (κ3) is 7.18. The summed E-state index contributed by atoms with van der Waals surface area (Å²) in [4.78, 5) is 19.7. The summed E-state index contributed by atoms with van der Waals surface area (Å²) in [7, 11) is 3.24. The van der Waals surface area contributed by atoms with E-state index >= 15 is 0 Å². The van der Waals surface area contributed by atoms with Crippen LogP contribution in [0, 0.1) is 19.7 Å². The fourth-order valence-corrected chi connectivity index (χ4v) is 4.89. The van der Waals surface area contributed by atoms with Crippen LogP contribution in [0.2, 0.25) is 0 Å². The zero-order chi connectivity index (χ0) is 27.1. The molecule has 0 bridgehead atoms. The first-order chi connectivity index (χ1) is 18.3. The van der Waals surface area contributed by atoms with E-state index in [0.717, 1.165) is 40.4 Å². The Balaban J connectivity index is 1.46. The van der Waals surface area contributed by atoms with Gasteiger partial charge >= 0.3 is 0 Å². The van der Waals surface area contributed by atoms with Gasteiger partial charge in [0, 0.05) is 24.2 Å². The first-order valence-electron chi connectivity index (χ1n) is 12.4. The van der Waals surface area contributed by atoms with Gasteiger partial charge in [0.2, 0.25) is 0 Å². The number of halogens is 1. The third-order valence-electron chi connectivity index (χ3n) is 6.39. The molecule has 0 unspecified atom stereocenters. The summed E-state index contributed by atoms with van der Waals surface area (Å²) in [6, 6.07) is 18.3. The molecule has 0 aliphatic rings. The Morgan fingerprint density at radius 3 is 2.37 bits per heavy atom. The molecule has 0 fully saturated rings. The van der Waals surface area contributed by atoms with E-state index in [0.29, 0.717) is 30.3 Å². The predicted octanol–water partition coefficient (Wildman–Crippen LogP) is 6.41. The van der Waals surface area contributed by atoms with E-state index in [1.165, 1.54) is 29.0 Å². The van der Waals surface area contributed by atoms with Crippen LogP contribution in [-0.4, -0.2) is 36.6 Å². The van der Waals surface area contributed by atoms with Gasteiger partial charge in [0.15, 0.2) is 11.5 Å². The molecule has 1 amide bonds. The average molecular weight is 534 g/mol. The maximum Gasteiger partial charge on any atom is 0.275 e. The van der Waals surface area contributed by atoms with E-state index in [1.54, 1.807) is 31.7 Å².